The zero-order valence-electron chi connectivity index (χ0n) is 14.6. The number of nitrogens with one attached hydrogen (secondary N) is 1. The van der Waals surface area contributed by atoms with E-state index < -0.39 is 0 Å². The van der Waals surface area contributed by atoms with Crippen LogP contribution >= 0.6 is 0 Å². The van der Waals surface area contributed by atoms with Crippen LogP contribution in [0.3, 0.4) is 0 Å². The third-order valence-corrected chi connectivity index (χ3v) is 3.74. The molecule has 1 N–H and O–H groups in total. The standard InChI is InChI=1S/C17H20N6O2/c1-11(2)23-10-18-20-15(23)12-6-5-7-13(8-12)19-16(24)14-9-22(3)21-17(14)25-4/h5-11H,1-4H3,(H,19,24). The number of aryl methyl sites for hydroxylation is 1. The highest BCUT2D eigenvalue weighted by Gasteiger charge is 2.17. The first-order valence-corrected chi connectivity index (χ1v) is 7.88. The van der Waals surface area contributed by atoms with Crippen molar-refractivity contribution in [2.45, 2.75) is 19.9 Å². The lowest BCUT2D eigenvalue weighted by atomic mass is 10.1. The van der Waals surface area contributed by atoms with Gasteiger partial charge >= 0.3 is 0 Å². The van der Waals surface area contributed by atoms with Crippen LogP contribution in [0, 0.1) is 0 Å². The quantitative estimate of drug-likeness (QED) is 0.771. The molecule has 2 heterocycles. The molecule has 130 valence electrons. The summed E-state index contributed by atoms with van der Waals surface area (Å²) in [5.74, 6) is 0.758. The van der Waals surface area contributed by atoms with Crippen molar-refractivity contribution in [1.82, 2.24) is 24.5 Å². The number of ether oxygens (including phenoxy) is 1. The predicted octanol–water partition coefficient (Wildman–Crippen LogP) is 2.52. The number of hydrogen-bond acceptors (Lipinski definition) is 5. The summed E-state index contributed by atoms with van der Waals surface area (Å²) in [5, 5.41) is 15.1. The van der Waals surface area contributed by atoms with E-state index in [1.54, 1.807) is 19.6 Å². The number of benzene rings is 1. The predicted molar refractivity (Wildman–Crippen MR) is 93.6 cm³/mol. The largest absolute Gasteiger partial charge is 0.479 e. The summed E-state index contributed by atoms with van der Waals surface area (Å²) >= 11 is 0. The molecule has 0 aliphatic heterocycles. The number of carbonyl (C=O) groups is 1. The average molecular weight is 340 g/mol. The molecule has 0 saturated heterocycles. The fourth-order valence-corrected chi connectivity index (χ4v) is 2.54. The Kier molecular flexibility index (Phi) is 4.51. The Hall–Kier alpha value is -3.16. The lowest BCUT2D eigenvalue weighted by molar-refractivity contribution is 0.102. The van der Waals surface area contributed by atoms with E-state index in [-0.39, 0.29) is 17.8 Å². The maximum atomic E-state index is 12.5. The Labute approximate surface area is 145 Å². The van der Waals surface area contributed by atoms with E-state index in [1.165, 1.54) is 11.8 Å². The Bertz CT molecular complexity index is 896. The molecule has 0 aliphatic rings. The van der Waals surface area contributed by atoms with Crippen LogP contribution in [0.25, 0.3) is 11.4 Å². The Morgan fingerprint density at radius 1 is 1.32 bits per heavy atom. The molecule has 0 bridgehead atoms. The molecular weight excluding hydrogens is 320 g/mol. The van der Waals surface area contributed by atoms with Crippen molar-refractivity contribution in [3.8, 4) is 17.3 Å². The van der Waals surface area contributed by atoms with Gasteiger partial charge in [0.15, 0.2) is 5.82 Å². The van der Waals surface area contributed by atoms with Crippen LogP contribution in [0.15, 0.2) is 36.8 Å². The van der Waals surface area contributed by atoms with E-state index in [2.05, 4.69) is 34.5 Å². The summed E-state index contributed by atoms with van der Waals surface area (Å²) in [6, 6.07) is 7.72. The van der Waals surface area contributed by atoms with Crippen molar-refractivity contribution < 1.29 is 9.53 Å². The van der Waals surface area contributed by atoms with Crippen LogP contribution in [0.5, 0.6) is 5.88 Å². The molecule has 0 saturated carbocycles. The number of carbonyl (C=O) groups excluding carboxylic acids is 1. The third-order valence-electron chi connectivity index (χ3n) is 3.74. The fraction of sp³-hybridized carbons (Fsp3) is 0.294. The molecule has 25 heavy (non-hydrogen) atoms. The van der Waals surface area contributed by atoms with Gasteiger partial charge in [0, 0.05) is 30.5 Å². The van der Waals surface area contributed by atoms with Crippen molar-refractivity contribution in [2.75, 3.05) is 12.4 Å². The van der Waals surface area contributed by atoms with Gasteiger partial charge in [-0.25, -0.2) is 0 Å². The monoisotopic (exact) mass is 340 g/mol. The van der Waals surface area contributed by atoms with Crippen LogP contribution in [-0.2, 0) is 7.05 Å². The molecule has 1 aromatic carbocycles. The van der Waals surface area contributed by atoms with Gasteiger partial charge < -0.3 is 14.6 Å². The molecule has 0 spiro atoms. The number of methoxy groups -OCH3 is 1. The van der Waals surface area contributed by atoms with Crippen molar-refractivity contribution in [3.63, 3.8) is 0 Å². The first-order chi connectivity index (χ1) is 12.0. The highest BCUT2D eigenvalue weighted by Crippen LogP contribution is 2.24. The molecule has 3 aromatic rings. The Morgan fingerprint density at radius 2 is 2.12 bits per heavy atom. The van der Waals surface area contributed by atoms with E-state index in [0.717, 1.165) is 11.4 Å². The number of anilines is 1. The first-order valence-electron chi connectivity index (χ1n) is 7.88. The smallest absolute Gasteiger partial charge is 0.262 e. The van der Waals surface area contributed by atoms with Crippen molar-refractivity contribution in [2.24, 2.45) is 7.05 Å². The zero-order valence-corrected chi connectivity index (χ0v) is 14.6. The van der Waals surface area contributed by atoms with Crippen LogP contribution in [0.4, 0.5) is 5.69 Å². The van der Waals surface area contributed by atoms with Crippen molar-refractivity contribution in [3.05, 3.63) is 42.4 Å². The highest BCUT2D eigenvalue weighted by atomic mass is 16.5. The molecule has 0 atom stereocenters. The number of hydrogen-bond donors (Lipinski definition) is 1. The fourth-order valence-electron chi connectivity index (χ4n) is 2.54. The molecule has 8 heteroatoms. The molecule has 8 nitrogen and oxygen atoms in total. The molecule has 2 aromatic heterocycles. The second-order valence-electron chi connectivity index (χ2n) is 5.92. The maximum Gasteiger partial charge on any atom is 0.262 e. The summed E-state index contributed by atoms with van der Waals surface area (Å²) in [7, 11) is 3.22. The molecule has 0 aliphatic carbocycles. The van der Waals surface area contributed by atoms with Crippen molar-refractivity contribution >= 4 is 11.6 Å². The second kappa shape index (κ2) is 6.76. The second-order valence-corrected chi connectivity index (χ2v) is 5.92. The number of rotatable bonds is 5. The van der Waals surface area contributed by atoms with E-state index in [0.29, 0.717) is 11.3 Å². The summed E-state index contributed by atoms with van der Waals surface area (Å²) in [6.07, 6.45) is 3.32. The van der Waals surface area contributed by atoms with E-state index in [4.69, 9.17) is 4.74 Å². The summed E-state index contributed by atoms with van der Waals surface area (Å²) in [4.78, 5) is 12.5. The number of amides is 1. The van der Waals surface area contributed by atoms with Gasteiger partial charge in [-0.15, -0.1) is 15.3 Å². The van der Waals surface area contributed by atoms with Crippen LogP contribution in [-0.4, -0.2) is 37.6 Å². The van der Waals surface area contributed by atoms with Gasteiger partial charge in [0.2, 0.25) is 5.88 Å². The maximum absolute atomic E-state index is 12.5. The lowest BCUT2D eigenvalue weighted by Crippen LogP contribution is -2.12. The summed E-state index contributed by atoms with van der Waals surface area (Å²) in [5.41, 5.74) is 1.91. The minimum Gasteiger partial charge on any atom is -0.479 e. The topological polar surface area (TPSA) is 86.9 Å². The molecular formula is C17H20N6O2. The van der Waals surface area contributed by atoms with Crippen molar-refractivity contribution in [1.29, 1.82) is 0 Å². The molecule has 3 rings (SSSR count). The van der Waals surface area contributed by atoms with E-state index in [1.807, 2.05) is 28.8 Å². The minimum atomic E-state index is -0.285. The third kappa shape index (κ3) is 3.37. The zero-order chi connectivity index (χ0) is 18.0. The normalized spacial score (nSPS) is 10.9. The minimum absolute atomic E-state index is 0.239. The van der Waals surface area contributed by atoms with E-state index >= 15 is 0 Å². The van der Waals surface area contributed by atoms with Gasteiger partial charge in [-0.05, 0) is 26.0 Å². The Balaban J connectivity index is 1.87. The first kappa shape index (κ1) is 16.7. The molecule has 0 fully saturated rings. The van der Waals surface area contributed by atoms with Gasteiger partial charge in [-0.2, -0.15) is 0 Å². The lowest BCUT2D eigenvalue weighted by Gasteiger charge is -2.11. The van der Waals surface area contributed by atoms with Crippen LogP contribution < -0.4 is 10.1 Å². The Morgan fingerprint density at radius 3 is 2.84 bits per heavy atom. The number of nitrogens with zero attached hydrogens (tertiary/aromatic N) is 5. The van der Waals surface area contributed by atoms with Gasteiger partial charge in [-0.1, -0.05) is 12.1 Å². The van der Waals surface area contributed by atoms with Gasteiger partial charge in [0.25, 0.3) is 5.91 Å². The molecule has 0 radical (unpaired) electrons. The number of aromatic nitrogens is 5. The van der Waals surface area contributed by atoms with Crippen LogP contribution in [0.2, 0.25) is 0 Å². The summed E-state index contributed by atoms with van der Waals surface area (Å²) in [6.45, 7) is 4.13. The van der Waals surface area contributed by atoms with Gasteiger partial charge in [0.1, 0.15) is 11.9 Å². The highest BCUT2D eigenvalue weighted by molar-refractivity contribution is 6.05. The van der Waals surface area contributed by atoms with Crippen LogP contribution in [0.1, 0.15) is 30.2 Å². The molecule has 1 amide bonds. The molecule has 0 unspecified atom stereocenters. The van der Waals surface area contributed by atoms with E-state index in [9.17, 15) is 4.79 Å². The summed E-state index contributed by atoms with van der Waals surface area (Å²) < 4.78 is 8.65. The van der Waals surface area contributed by atoms with Gasteiger partial charge in [-0.3, -0.25) is 9.48 Å². The van der Waals surface area contributed by atoms with Gasteiger partial charge in [0.05, 0.1) is 7.11 Å². The SMILES string of the molecule is COc1nn(C)cc1C(=O)Nc1cccc(-c2nncn2C(C)C)c1. The average Bonchev–Trinajstić information content (AvgIpc) is 3.21.